The Bertz CT molecular complexity index is 459. The second-order valence-electron chi connectivity index (χ2n) is 5.00. The topological polar surface area (TPSA) is 65.9 Å². The van der Waals surface area contributed by atoms with E-state index in [0.717, 1.165) is 38.3 Å². The molecular weight excluding hydrogens is 258 g/mol. The minimum atomic E-state index is -0.757. The molecule has 0 saturated carbocycles. The van der Waals surface area contributed by atoms with E-state index >= 15 is 0 Å². The van der Waals surface area contributed by atoms with Crippen molar-refractivity contribution in [1.82, 2.24) is 14.8 Å². The van der Waals surface area contributed by atoms with E-state index in [1.807, 2.05) is 17.0 Å². The molecule has 2 rings (SSSR count). The van der Waals surface area contributed by atoms with Crippen molar-refractivity contribution in [2.45, 2.75) is 19.5 Å². The summed E-state index contributed by atoms with van der Waals surface area (Å²) < 4.78 is 5.25. The van der Waals surface area contributed by atoms with E-state index in [2.05, 4.69) is 9.88 Å². The Morgan fingerprint density at radius 2 is 2.15 bits per heavy atom. The van der Waals surface area contributed by atoms with E-state index in [9.17, 15) is 4.79 Å². The van der Waals surface area contributed by atoms with Crippen molar-refractivity contribution in [2.24, 2.45) is 0 Å². The van der Waals surface area contributed by atoms with Crippen molar-refractivity contribution in [3.8, 4) is 5.88 Å². The van der Waals surface area contributed by atoms with Crippen LogP contribution in [0.2, 0.25) is 0 Å². The maximum absolute atomic E-state index is 11.0. The van der Waals surface area contributed by atoms with E-state index in [1.165, 1.54) is 0 Å². The Morgan fingerprint density at radius 3 is 2.75 bits per heavy atom. The van der Waals surface area contributed by atoms with Crippen molar-refractivity contribution in [1.29, 1.82) is 0 Å². The average molecular weight is 279 g/mol. The van der Waals surface area contributed by atoms with Crippen molar-refractivity contribution in [3.63, 3.8) is 0 Å². The fraction of sp³-hybridized carbons (Fsp3) is 0.571. The lowest BCUT2D eigenvalue weighted by Crippen LogP contribution is -2.51. The van der Waals surface area contributed by atoms with Gasteiger partial charge < -0.3 is 9.84 Å². The van der Waals surface area contributed by atoms with E-state index in [-0.39, 0.29) is 0 Å². The molecule has 6 heteroatoms. The largest absolute Gasteiger partial charge is 0.481 e. The number of carboxylic acid groups (broad SMARTS) is 1. The molecule has 1 atom stereocenters. The first-order valence-corrected chi connectivity index (χ1v) is 6.79. The van der Waals surface area contributed by atoms with Gasteiger partial charge in [0.05, 0.1) is 7.11 Å². The highest BCUT2D eigenvalue weighted by Crippen LogP contribution is 2.17. The Balaban J connectivity index is 1.90. The summed E-state index contributed by atoms with van der Waals surface area (Å²) >= 11 is 0. The van der Waals surface area contributed by atoms with Crippen molar-refractivity contribution in [3.05, 3.63) is 23.9 Å². The minimum absolute atomic E-state index is 0.412. The van der Waals surface area contributed by atoms with Gasteiger partial charge in [0.15, 0.2) is 0 Å². The molecule has 1 aliphatic rings. The summed E-state index contributed by atoms with van der Waals surface area (Å²) in [5, 5.41) is 9.02. The lowest BCUT2D eigenvalue weighted by Gasteiger charge is -2.36. The molecule has 1 saturated heterocycles. The van der Waals surface area contributed by atoms with Gasteiger partial charge in [0, 0.05) is 44.5 Å². The van der Waals surface area contributed by atoms with Crippen molar-refractivity contribution < 1.29 is 14.6 Å². The molecule has 0 aromatic carbocycles. The lowest BCUT2D eigenvalue weighted by molar-refractivity contribution is -0.143. The van der Waals surface area contributed by atoms with E-state index < -0.39 is 12.0 Å². The molecule has 1 N–H and O–H groups in total. The zero-order valence-electron chi connectivity index (χ0n) is 12.0. The van der Waals surface area contributed by atoms with Crippen molar-refractivity contribution in [2.75, 3.05) is 33.3 Å². The molecule has 0 radical (unpaired) electrons. The molecule has 2 heterocycles. The Hall–Kier alpha value is -1.66. The predicted octanol–water partition coefficient (Wildman–Crippen LogP) is 0.681. The third kappa shape index (κ3) is 3.46. The number of carbonyl (C=O) groups is 1. The van der Waals surface area contributed by atoms with Crippen LogP contribution in [-0.4, -0.2) is 65.2 Å². The van der Waals surface area contributed by atoms with E-state index in [4.69, 9.17) is 9.84 Å². The molecule has 1 aliphatic heterocycles. The van der Waals surface area contributed by atoms with Crippen LogP contribution in [0.15, 0.2) is 18.3 Å². The summed E-state index contributed by atoms with van der Waals surface area (Å²) in [6, 6.07) is 3.50. The second kappa shape index (κ2) is 6.67. The summed E-state index contributed by atoms with van der Waals surface area (Å²) in [5.41, 5.74) is 1.06. The minimum Gasteiger partial charge on any atom is -0.481 e. The Labute approximate surface area is 119 Å². The molecule has 110 valence electrons. The maximum atomic E-state index is 11.0. The van der Waals surface area contributed by atoms with Crippen LogP contribution >= 0.6 is 0 Å². The molecule has 0 bridgehead atoms. The molecule has 1 unspecified atom stereocenters. The molecule has 1 aromatic heterocycles. The molecule has 0 spiro atoms. The summed E-state index contributed by atoms with van der Waals surface area (Å²) in [6.45, 7) is 5.78. The van der Waals surface area contributed by atoms with Gasteiger partial charge in [-0.1, -0.05) is 6.07 Å². The second-order valence-corrected chi connectivity index (χ2v) is 5.00. The first kappa shape index (κ1) is 14.7. The summed E-state index contributed by atoms with van der Waals surface area (Å²) in [5.74, 6) is -0.0961. The standard InChI is InChI=1S/C14H21N3O3/c1-11(14(18)19)17-8-6-16(7-9-17)10-12-4-3-5-15-13(12)20-2/h3-5,11H,6-10H2,1-2H3,(H,18,19). The zero-order valence-corrected chi connectivity index (χ0v) is 12.0. The highest BCUT2D eigenvalue weighted by atomic mass is 16.5. The molecule has 1 fully saturated rings. The number of ether oxygens (including phenoxy) is 1. The third-order valence-corrected chi connectivity index (χ3v) is 3.75. The van der Waals surface area contributed by atoms with Gasteiger partial charge in [-0.05, 0) is 13.0 Å². The van der Waals surface area contributed by atoms with Crippen LogP contribution in [0, 0.1) is 0 Å². The maximum Gasteiger partial charge on any atom is 0.320 e. The molecule has 1 aromatic rings. The number of piperazine rings is 1. The molecule has 20 heavy (non-hydrogen) atoms. The van der Waals surface area contributed by atoms with Crippen LogP contribution in [0.3, 0.4) is 0 Å². The number of methoxy groups -OCH3 is 1. The molecule has 0 amide bonds. The molecular formula is C14H21N3O3. The van der Waals surface area contributed by atoms with Crippen LogP contribution in [0.1, 0.15) is 12.5 Å². The number of carboxylic acids is 1. The van der Waals surface area contributed by atoms with Crippen LogP contribution < -0.4 is 4.74 Å². The van der Waals surface area contributed by atoms with Crippen LogP contribution in [0.4, 0.5) is 0 Å². The average Bonchev–Trinajstić information content (AvgIpc) is 2.48. The number of nitrogens with zero attached hydrogens (tertiary/aromatic N) is 3. The van der Waals surface area contributed by atoms with Gasteiger partial charge in [-0.2, -0.15) is 0 Å². The quantitative estimate of drug-likeness (QED) is 0.855. The Kier molecular flexibility index (Phi) is 4.92. The summed E-state index contributed by atoms with van der Waals surface area (Å²) in [4.78, 5) is 19.5. The van der Waals surface area contributed by atoms with E-state index in [1.54, 1.807) is 20.2 Å². The number of aliphatic carboxylic acids is 1. The Morgan fingerprint density at radius 1 is 1.45 bits per heavy atom. The first-order valence-electron chi connectivity index (χ1n) is 6.79. The van der Waals surface area contributed by atoms with Crippen LogP contribution in [-0.2, 0) is 11.3 Å². The highest BCUT2D eigenvalue weighted by molar-refractivity contribution is 5.72. The number of hydrogen-bond acceptors (Lipinski definition) is 5. The van der Waals surface area contributed by atoms with Gasteiger partial charge in [-0.25, -0.2) is 4.98 Å². The monoisotopic (exact) mass is 279 g/mol. The smallest absolute Gasteiger partial charge is 0.320 e. The van der Waals surface area contributed by atoms with Crippen LogP contribution in [0.25, 0.3) is 0 Å². The first-order chi connectivity index (χ1) is 9.61. The van der Waals surface area contributed by atoms with Gasteiger partial charge in [-0.15, -0.1) is 0 Å². The SMILES string of the molecule is COc1ncccc1CN1CCN(C(C)C(=O)O)CC1. The highest BCUT2D eigenvalue weighted by Gasteiger charge is 2.25. The molecule has 0 aliphatic carbocycles. The molecule has 6 nitrogen and oxygen atoms in total. The predicted molar refractivity (Wildman–Crippen MR) is 74.7 cm³/mol. The number of hydrogen-bond donors (Lipinski definition) is 1. The van der Waals surface area contributed by atoms with Crippen LogP contribution in [0.5, 0.6) is 5.88 Å². The van der Waals surface area contributed by atoms with Crippen molar-refractivity contribution >= 4 is 5.97 Å². The van der Waals surface area contributed by atoms with Gasteiger partial charge in [0.25, 0.3) is 0 Å². The number of aromatic nitrogens is 1. The lowest BCUT2D eigenvalue weighted by atomic mass is 10.2. The normalized spacial score (nSPS) is 18.7. The van der Waals surface area contributed by atoms with Gasteiger partial charge >= 0.3 is 5.97 Å². The number of pyridine rings is 1. The van der Waals surface area contributed by atoms with Gasteiger partial charge in [0.1, 0.15) is 6.04 Å². The zero-order chi connectivity index (χ0) is 14.5. The summed E-state index contributed by atoms with van der Waals surface area (Å²) in [7, 11) is 1.62. The van der Waals surface area contributed by atoms with Gasteiger partial charge in [0.2, 0.25) is 5.88 Å². The van der Waals surface area contributed by atoms with Gasteiger partial charge in [-0.3, -0.25) is 14.6 Å². The fourth-order valence-electron chi connectivity index (χ4n) is 2.43. The van der Waals surface area contributed by atoms with E-state index in [0.29, 0.717) is 5.88 Å². The number of rotatable bonds is 5. The summed E-state index contributed by atoms with van der Waals surface area (Å²) in [6.07, 6.45) is 1.72. The fourth-order valence-corrected chi connectivity index (χ4v) is 2.43. The third-order valence-electron chi connectivity index (χ3n) is 3.75.